The summed E-state index contributed by atoms with van der Waals surface area (Å²) in [5.41, 5.74) is 3.25. The molecule has 0 radical (unpaired) electrons. The number of hydrogen-bond acceptors (Lipinski definition) is 5. The minimum absolute atomic E-state index is 0.0422. The van der Waals surface area contributed by atoms with Gasteiger partial charge in [-0.3, -0.25) is 4.79 Å². The van der Waals surface area contributed by atoms with Crippen LogP contribution in [0.25, 0.3) is 0 Å². The zero-order valence-electron chi connectivity index (χ0n) is 23.0. The minimum atomic E-state index is -0.788. The first-order chi connectivity index (χ1) is 19.6. The Hall–Kier alpha value is -3.71. The van der Waals surface area contributed by atoms with Gasteiger partial charge in [0, 0.05) is 19.0 Å². The molecule has 1 amide bonds. The maximum absolute atomic E-state index is 12.7. The fourth-order valence-electron chi connectivity index (χ4n) is 5.08. The third-order valence-electron chi connectivity index (χ3n) is 7.12. The Balaban J connectivity index is 1.46. The van der Waals surface area contributed by atoms with Gasteiger partial charge in [-0.05, 0) is 66.6 Å². The summed E-state index contributed by atoms with van der Waals surface area (Å²) in [5, 5.41) is 17.9. The van der Waals surface area contributed by atoms with E-state index >= 15 is 0 Å². The average Bonchev–Trinajstić information content (AvgIpc) is 3.32. The second kappa shape index (κ2) is 15.2. The van der Waals surface area contributed by atoms with Crippen LogP contribution in [-0.2, 0) is 16.0 Å². The summed E-state index contributed by atoms with van der Waals surface area (Å²) in [6, 6.07) is 25.2. The van der Waals surface area contributed by atoms with E-state index in [1.807, 2.05) is 78.9 Å². The highest BCUT2D eigenvalue weighted by Crippen LogP contribution is 2.43. The molecular weight excluding hydrogens is 500 g/mol. The Kier molecular flexibility index (Phi) is 11.1. The zero-order chi connectivity index (χ0) is 28.2. The van der Waals surface area contributed by atoms with Crippen molar-refractivity contribution in [1.82, 2.24) is 10.6 Å². The molecule has 0 saturated carbocycles. The van der Waals surface area contributed by atoms with Crippen molar-refractivity contribution >= 4 is 5.91 Å². The van der Waals surface area contributed by atoms with Crippen LogP contribution in [-0.4, -0.2) is 36.3 Å². The van der Waals surface area contributed by atoms with Crippen LogP contribution in [0.4, 0.5) is 0 Å². The number of aliphatic hydroxyl groups excluding tert-OH is 1. The molecule has 0 saturated heterocycles. The van der Waals surface area contributed by atoms with Crippen molar-refractivity contribution in [3.8, 4) is 11.5 Å². The smallest absolute Gasteiger partial charge is 0.220 e. The van der Waals surface area contributed by atoms with Gasteiger partial charge in [-0.2, -0.15) is 0 Å². The first-order valence-electron chi connectivity index (χ1n) is 14.0. The minimum Gasteiger partial charge on any atom is -0.457 e. The molecule has 3 aromatic rings. The van der Waals surface area contributed by atoms with Crippen molar-refractivity contribution < 1.29 is 19.4 Å². The molecule has 2 unspecified atom stereocenters. The SMILES string of the molecule is C=CCCCC(=O)N[C@@H](Cc1ccccc1)[C@@H](O)CNC1CC(OCC=C)c2ccc(Oc3ccccc3)cc21. The van der Waals surface area contributed by atoms with Crippen molar-refractivity contribution in [2.75, 3.05) is 13.2 Å². The Labute approximate surface area is 237 Å². The molecule has 0 heterocycles. The number of nitrogens with one attached hydrogen (secondary N) is 2. The van der Waals surface area contributed by atoms with Crippen LogP contribution >= 0.6 is 0 Å². The number of benzene rings is 3. The standard InChI is InChI=1S/C34H40N2O4/c1-3-5-8-17-34(38)36-31(21-25-13-9-6-10-14-25)32(37)24-35-30-23-33(39-20-4-2)28-19-18-27(22-29(28)30)40-26-15-11-7-12-16-26/h3-4,6-7,9-16,18-19,22,30-33,35,37H,1-2,5,8,17,20-21,23-24H2,(H,36,38)/t30?,31-,32-,33?/m0/s1. The molecule has 0 aromatic heterocycles. The summed E-state index contributed by atoms with van der Waals surface area (Å²) >= 11 is 0. The van der Waals surface area contributed by atoms with Gasteiger partial charge in [0.15, 0.2) is 0 Å². The van der Waals surface area contributed by atoms with Gasteiger partial charge >= 0.3 is 0 Å². The first-order valence-corrected chi connectivity index (χ1v) is 14.0. The molecule has 6 nitrogen and oxygen atoms in total. The van der Waals surface area contributed by atoms with Crippen molar-refractivity contribution in [2.24, 2.45) is 0 Å². The number of hydrogen-bond donors (Lipinski definition) is 3. The molecule has 0 spiro atoms. The Bertz CT molecular complexity index is 1230. The van der Waals surface area contributed by atoms with Crippen LogP contribution in [0.15, 0.2) is 104 Å². The number of allylic oxidation sites excluding steroid dienone is 1. The van der Waals surface area contributed by atoms with Crippen molar-refractivity contribution in [2.45, 2.75) is 56.4 Å². The summed E-state index contributed by atoms with van der Waals surface area (Å²) in [4.78, 5) is 12.7. The van der Waals surface area contributed by atoms with E-state index in [1.54, 1.807) is 6.08 Å². The van der Waals surface area contributed by atoms with E-state index < -0.39 is 12.1 Å². The van der Waals surface area contributed by atoms with Crippen LogP contribution in [0.3, 0.4) is 0 Å². The number of fused-ring (bicyclic) bond motifs is 1. The van der Waals surface area contributed by atoms with Crippen LogP contribution in [0.5, 0.6) is 11.5 Å². The number of para-hydroxylation sites is 1. The van der Waals surface area contributed by atoms with E-state index in [1.165, 1.54) is 0 Å². The molecule has 40 heavy (non-hydrogen) atoms. The fourth-order valence-corrected chi connectivity index (χ4v) is 5.08. The highest BCUT2D eigenvalue weighted by atomic mass is 16.5. The number of ether oxygens (including phenoxy) is 2. The van der Waals surface area contributed by atoms with E-state index in [2.05, 4.69) is 29.9 Å². The van der Waals surface area contributed by atoms with Crippen LogP contribution in [0.1, 0.15) is 54.5 Å². The largest absolute Gasteiger partial charge is 0.457 e. The molecule has 210 valence electrons. The van der Waals surface area contributed by atoms with E-state index in [4.69, 9.17) is 9.47 Å². The molecule has 3 aromatic carbocycles. The van der Waals surface area contributed by atoms with Crippen LogP contribution in [0.2, 0.25) is 0 Å². The number of amides is 1. The lowest BCUT2D eigenvalue weighted by Crippen LogP contribution is -2.49. The summed E-state index contributed by atoms with van der Waals surface area (Å²) in [5.74, 6) is 1.46. The number of aliphatic hydroxyl groups is 1. The normalized spacial score (nSPS) is 17.4. The monoisotopic (exact) mass is 540 g/mol. The first kappa shape index (κ1) is 29.3. The summed E-state index contributed by atoms with van der Waals surface area (Å²) in [7, 11) is 0. The molecule has 0 fully saturated rings. The van der Waals surface area contributed by atoms with Crippen LogP contribution in [0, 0.1) is 0 Å². The maximum atomic E-state index is 12.7. The van der Waals surface area contributed by atoms with Gasteiger partial charge in [0.2, 0.25) is 5.91 Å². The van der Waals surface area contributed by atoms with Crippen LogP contribution < -0.4 is 15.4 Å². The second-order valence-corrected chi connectivity index (χ2v) is 10.1. The Morgan fingerprint density at radius 3 is 2.45 bits per heavy atom. The molecule has 1 aliphatic rings. The molecule has 1 aliphatic carbocycles. The zero-order valence-corrected chi connectivity index (χ0v) is 23.0. The lowest BCUT2D eigenvalue weighted by molar-refractivity contribution is -0.122. The predicted molar refractivity (Wildman–Crippen MR) is 159 cm³/mol. The Morgan fingerprint density at radius 2 is 1.73 bits per heavy atom. The van der Waals surface area contributed by atoms with Gasteiger partial charge in [-0.1, -0.05) is 66.7 Å². The lowest BCUT2D eigenvalue weighted by atomic mass is 10.00. The van der Waals surface area contributed by atoms with Gasteiger partial charge in [-0.25, -0.2) is 0 Å². The van der Waals surface area contributed by atoms with E-state index in [9.17, 15) is 9.90 Å². The van der Waals surface area contributed by atoms with Crippen molar-refractivity contribution in [3.05, 3.63) is 121 Å². The topological polar surface area (TPSA) is 79.8 Å². The summed E-state index contributed by atoms with van der Waals surface area (Å²) in [6.07, 6.45) is 5.88. The summed E-state index contributed by atoms with van der Waals surface area (Å²) in [6.45, 7) is 8.28. The van der Waals surface area contributed by atoms with E-state index in [-0.39, 0.29) is 18.1 Å². The average molecular weight is 541 g/mol. The highest BCUT2D eigenvalue weighted by Gasteiger charge is 2.33. The molecule has 0 bridgehead atoms. The lowest BCUT2D eigenvalue weighted by Gasteiger charge is -2.26. The van der Waals surface area contributed by atoms with Gasteiger partial charge in [0.05, 0.1) is 24.9 Å². The molecule has 4 rings (SSSR count). The molecule has 3 N–H and O–H groups in total. The molecular formula is C34H40N2O4. The molecule has 0 aliphatic heterocycles. The number of carbonyl (C=O) groups is 1. The Morgan fingerprint density at radius 1 is 0.975 bits per heavy atom. The predicted octanol–water partition coefficient (Wildman–Crippen LogP) is 6.20. The summed E-state index contributed by atoms with van der Waals surface area (Å²) < 4.78 is 12.2. The van der Waals surface area contributed by atoms with Crippen molar-refractivity contribution in [3.63, 3.8) is 0 Å². The third-order valence-corrected chi connectivity index (χ3v) is 7.12. The fraction of sp³-hybridized carbons (Fsp3) is 0.324. The number of unbranched alkanes of at least 4 members (excludes halogenated alkanes) is 1. The van der Waals surface area contributed by atoms with E-state index in [0.717, 1.165) is 47.5 Å². The van der Waals surface area contributed by atoms with Gasteiger partial charge < -0.3 is 25.2 Å². The molecule has 6 heteroatoms. The van der Waals surface area contributed by atoms with Crippen molar-refractivity contribution in [1.29, 1.82) is 0 Å². The van der Waals surface area contributed by atoms with Gasteiger partial charge in [-0.15, -0.1) is 13.2 Å². The number of carbonyl (C=O) groups excluding carboxylic acids is 1. The quantitative estimate of drug-likeness (QED) is 0.149. The van der Waals surface area contributed by atoms with Gasteiger partial charge in [0.25, 0.3) is 0 Å². The second-order valence-electron chi connectivity index (χ2n) is 10.1. The molecule has 4 atom stereocenters. The maximum Gasteiger partial charge on any atom is 0.220 e. The highest BCUT2D eigenvalue weighted by molar-refractivity contribution is 5.76. The number of rotatable bonds is 16. The van der Waals surface area contributed by atoms with E-state index in [0.29, 0.717) is 26.0 Å². The van der Waals surface area contributed by atoms with Gasteiger partial charge in [0.1, 0.15) is 11.5 Å². The third kappa shape index (κ3) is 8.39.